The van der Waals surface area contributed by atoms with E-state index >= 15 is 0 Å². The summed E-state index contributed by atoms with van der Waals surface area (Å²) in [6.07, 6.45) is 1.27. The van der Waals surface area contributed by atoms with E-state index in [1.165, 1.54) is 12.3 Å². The number of hydrogen-bond acceptors (Lipinski definition) is 2. The fraction of sp³-hybridized carbons (Fsp3) is 0.286. The van der Waals surface area contributed by atoms with Crippen molar-refractivity contribution in [2.45, 2.75) is 11.9 Å². The van der Waals surface area contributed by atoms with Gasteiger partial charge in [-0.1, -0.05) is 27.5 Å². The lowest BCUT2D eigenvalue weighted by Crippen LogP contribution is -2.03. The van der Waals surface area contributed by atoms with Gasteiger partial charge in [-0.2, -0.15) is 8.78 Å². The van der Waals surface area contributed by atoms with Crippen molar-refractivity contribution in [2.75, 3.05) is 0 Å². The van der Waals surface area contributed by atoms with Gasteiger partial charge in [-0.15, -0.1) is 0 Å². The quantitative estimate of drug-likeness (QED) is 0.788. The molecule has 0 aliphatic rings. The molecule has 0 fully saturated rings. The lowest BCUT2D eigenvalue weighted by molar-refractivity contribution is -0.0498. The highest BCUT2D eigenvalue weighted by atomic mass is 79.9. The van der Waals surface area contributed by atoms with Crippen molar-refractivity contribution in [3.05, 3.63) is 23.0 Å². The third-order valence-corrected chi connectivity index (χ3v) is 2.09. The number of alkyl halides is 3. The standard InChI is InChI=1S/C7H5BrClF2NO/c8-2-4-1-6(13-7(10)11)5(9)3-12-4/h1,3,7H,2H2. The maximum Gasteiger partial charge on any atom is 0.387 e. The first-order chi connectivity index (χ1) is 6.13. The number of ether oxygens (including phenoxy) is 1. The average molecular weight is 272 g/mol. The molecule has 0 amide bonds. The molecule has 0 aromatic carbocycles. The molecule has 6 heteroatoms. The second-order valence-electron chi connectivity index (χ2n) is 2.12. The molecule has 0 saturated carbocycles. The van der Waals surface area contributed by atoms with Gasteiger partial charge >= 0.3 is 6.61 Å². The first-order valence-corrected chi connectivity index (χ1v) is 4.78. The maximum absolute atomic E-state index is 11.8. The van der Waals surface area contributed by atoms with E-state index in [1.54, 1.807) is 0 Å². The number of hydrogen-bond donors (Lipinski definition) is 0. The van der Waals surface area contributed by atoms with Crippen LogP contribution in [0.1, 0.15) is 5.69 Å². The van der Waals surface area contributed by atoms with Gasteiger partial charge in [0.1, 0.15) is 10.8 Å². The molecule has 13 heavy (non-hydrogen) atoms. The molecule has 0 radical (unpaired) electrons. The van der Waals surface area contributed by atoms with E-state index < -0.39 is 6.61 Å². The Morgan fingerprint density at radius 1 is 1.62 bits per heavy atom. The summed E-state index contributed by atoms with van der Waals surface area (Å²) in [4.78, 5) is 3.86. The van der Waals surface area contributed by atoms with Crippen LogP contribution in [0.2, 0.25) is 5.02 Å². The zero-order valence-corrected chi connectivity index (χ0v) is 8.65. The molecular weight excluding hydrogens is 267 g/mol. The van der Waals surface area contributed by atoms with Gasteiger partial charge in [-0.3, -0.25) is 4.98 Å². The maximum atomic E-state index is 11.8. The van der Waals surface area contributed by atoms with Crippen LogP contribution in [0.25, 0.3) is 0 Å². The summed E-state index contributed by atoms with van der Waals surface area (Å²) in [7, 11) is 0. The Kier molecular flexibility index (Phi) is 3.87. The Morgan fingerprint density at radius 2 is 2.31 bits per heavy atom. The summed E-state index contributed by atoms with van der Waals surface area (Å²) in [5.41, 5.74) is 0.583. The van der Waals surface area contributed by atoms with E-state index in [4.69, 9.17) is 11.6 Å². The van der Waals surface area contributed by atoms with Crippen molar-refractivity contribution in [1.29, 1.82) is 0 Å². The van der Waals surface area contributed by atoms with Crippen LogP contribution in [0.4, 0.5) is 8.78 Å². The monoisotopic (exact) mass is 271 g/mol. The van der Waals surface area contributed by atoms with Crippen LogP contribution in [0.5, 0.6) is 5.75 Å². The van der Waals surface area contributed by atoms with Crippen LogP contribution in [0.15, 0.2) is 12.3 Å². The van der Waals surface area contributed by atoms with Crippen LogP contribution in [0, 0.1) is 0 Å². The first kappa shape index (κ1) is 10.7. The summed E-state index contributed by atoms with van der Waals surface area (Å²) in [5.74, 6) is -0.0545. The van der Waals surface area contributed by atoms with Crippen LogP contribution in [0.3, 0.4) is 0 Å². The smallest absolute Gasteiger partial charge is 0.387 e. The highest BCUT2D eigenvalue weighted by molar-refractivity contribution is 9.08. The van der Waals surface area contributed by atoms with Gasteiger partial charge < -0.3 is 4.74 Å². The molecule has 0 aliphatic carbocycles. The van der Waals surface area contributed by atoms with E-state index in [9.17, 15) is 8.78 Å². The van der Waals surface area contributed by atoms with E-state index in [2.05, 4.69) is 25.7 Å². The molecular formula is C7H5BrClF2NO. The average Bonchev–Trinajstić information content (AvgIpc) is 2.08. The minimum absolute atomic E-state index is 0.0545. The Hall–Kier alpha value is -0.420. The molecule has 0 bridgehead atoms. The van der Waals surface area contributed by atoms with E-state index in [0.717, 1.165) is 0 Å². The van der Waals surface area contributed by atoms with Crippen molar-refractivity contribution in [3.63, 3.8) is 0 Å². The van der Waals surface area contributed by atoms with Crippen molar-refractivity contribution in [1.82, 2.24) is 4.98 Å². The normalized spacial score (nSPS) is 10.5. The van der Waals surface area contributed by atoms with E-state index in [0.29, 0.717) is 11.0 Å². The summed E-state index contributed by atoms with van der Waals surface area (Å²) >= 11 is 8.69. The largest absolute Gasteiger partial charge is 0.433 e. The highest BCUT2D eigenvalue weighted by Gasteiger charge is 2.09. The third kappa shape index (κ3) is 3.08. The summed E-state index contributed by atoms with van der Waals surface area (Å²) in [6.45, 7) is -2.87. The predicted octanol–water partition coefficient (Wildman–Crippen LogP) is 3.23. The number of nitrogens with zero attached hydrogens (tertiary/aromatic N) is 1. The fourth-order valence-corrected chi connectivity index (χ4v) is 1.17. The summed E-state index contributed by atoms with van der Waals surface area (Å²) < 4.78 is 27.8. The third-order valence-electron chi connectivity index (χ3n) is 1.23. The van der Waals surface area contributed by atoms with Crippen molar-refractivity contribution in [3.8, 4) is 5.75 Å². The fourth-order valence-electron chi connectivity index (χ4n) is 0.720. The van der Waals surface area contributed by atoms with Crippen LogP contribution in [-0.2, 0) is 5.33 Å². The molecule has 2 nitrogen and oxygen atoms in total. The molecule has 72 valence electrons. The zero-order chi connectivity index (χ0) is 9.84. The molecule has 1 rings (SSSR count). The van der Waals surface area contributed by atoms with Gasteiger partial charge in [0.25, 0.3) is 0 Å². The Labute approximate surface area is 87.0 Å². The lowest BCUT2D eigenvalue weighted by atomic mass is 10.3. The van der Waals surface area contributed by atoms with Crippen LogP contribution in [-0.4, -0.2) is 11.6 Å². The van der Waals surface area contributed by atoms with Gasteiger partial charge in [-0.25, -0.2) is 0 Å². The molecule has 0 N–H and O–H groups in total. The molecule has 1 aromatic heterocycles. The number of pyridine rings is 1. The first-order valence-electron chi connectivity index (χ1n) is 3.28. The van der Waals surface area contributed by atoms with Gasteiger partial charge in [0, 0.05) is 17.6 Å². The van der Waals surface area contributed by atoms with Crippen molar-refractivity contribution < 1.29 is 13.5 Å². The summed E-state index contributed by atoms with van der Waals surface area (Å²) in [5, 5.41) is 0.536. The van der Waals surface area contributed by atoms with Crippen molar-refractivity contribution in [2.24, 2.45) is 0 Å². The zero-order valence-electron chi connectivity index (χ0n) is 6.31. The minimum Gasteiger partial charge on any atom is -0.433 e. The van der Waals surface area contributed by atoms with Gasteiger partial charge in [-0.05, 0) is 0 Å². The second kappa shape index (κ2) is 4.72. The lowest BCUT2D eigenvalue weighted by Gasteiger charge is -2.06. The highest BCUT2D eigenvalue weighted by Crippen LogP contribution is 2.26. The van der Waals surface area contributed by atoms with Crippen molar-refractivity contribution >= 4 is 27.5 Å². The molecule has 0 saturated heterocycles. The molecule has 1 aromatic rings. The minimum atomic E-state index is -2.87. The number of rotatable bonds is 3. The Bertz CT molecular complexity index is 298. The van der Waals surface area contributed by atoms with Gasteiger partial charge in [0.05, 0.1) is 5.69 Å². The molecule has 0 unspecified atom stereocenters. The Balaban J connectivity index is 2.90. The number of halogens is 4. The molecule has 0 spiro atoms. The van der Waals surface area contributed by atoms with Crippen LogP contribution < -0.4 is 4.74 Å². The van der Waals surface area contributed by atoms with E-state index in [-0.39, 0.29) is 10.8 Å². The topological polar surface area (TPSA) is 22.1 Å². The molecule has 0 atom stereocenters. The predicted molar refractivity (Wildman–Crippen MR) is 48.5 cm³/mol. The van der Waals surface area contributed by atoms with E-state index in [1.807, 2.05) is 0 Å². The molecule has 0 aliphatic heterocycles. The number of aromatic nitrogens is 1. The molecule has 1 heterocycles. The van der Waals surface area contributed by atoms with Gasteiger partial charge in [0.2, 0.25) is 0 Å². The summed E-state index contributed by atoms with van der Waals surface area (Å²) in [6, 6.07) is 1.36. The Morgan fingerprint density at radius 3 is 2.85 bits per heavy atom. The SMILES string of the molecule is FC(F)Oc1cc(CBr)ncc1Cl. The van der Waals surface area contributed by atoms with Gasteiger partial charge in [0.15, 0.2) is 0 Å². The van der Waals surface area contributed by atoms with Crippen LogP contribution >= 0.6 is 27.5 Å². The second-order valence-corrected chi connectivity index (χ2v) is 3.09.